The number of carbonyl (C=O) groups is 1. The van der Waals surface area contributed by atoms with Crippen LogP contribution < -0.4 is 11.1 Å². The third kappa shape index (κ3) is 4.09. The van der Waals surface area contributed by atoms with Crippen LogP contribution in [0.1, 0.15) is 58.3 Å². The van der Waals surface area contributed by atoms with Crippen LogP contribution in [0.4, 0.5) is 0 Å². The van der Waals surface area contributed by atoms with Crippen molar-refractivity contribution in [1.82, 2.24) is 5.32 Å². The summed E-state index contributed by atoms with van der Waals surface area (Å²) >= 11 is 0. The Bertz CT molecular complexity index is 384. The van der Waals surface area contributed by atoms with Crippen LogP contribution in [0.5, 0.6) is 0 Å². The minimum absolute atomic E-state index is 0.00519. The molecule has 1 heterocycles. The Morgan fingerprint density at radius 2 is 2.10 bits per heavy atom. The Balaban J connectivity index is 1.96. The fourth-order valence-corrected chi connectivity index (χ4v) is 3.29. The van der Waals surface area contributed by atoms with Gasteiger partial charge in [-0.05, 0) is 50.9 Å². The maximum atomic E-state index is 12.3. The van der Waals surface area contributed by atoms with Gasteiger partial charge in [0.25, 0.3) is 0 Å². The Kier molecular flexibility index (Phi) is 5.45. The maximum absolute atomic E-state index is 12.3. The van der Waals surface area contributed by atoms with E-state index in [1.807, 2.05) is 0 Å². The molecule has 1 saturated carbocycles. The molecular weight excluding hydrogens is 270 g/mol. The molecule has 0 aromatic rings. The molecular formula is C15H27N3O3. The zero-order chi connectivity index (χ0) is 15.3. The number of nitrogens with one attached hydrogen (secondary N) is 1. The average molecular weight is 297 g/mol. The molecule has 4 N–H and O–H groups in total. The molecule has 2 fully saturated rings. The molecule has 2 aliphatic rings. The molecule has 1 aliphatic heterocycles. The van der Waals surface area contributed by atoms with Crippen molar-refractivity contribution in [1.29, 1.82) is 0 Å². The number of carbonyl (C=O) groups excluding carboxylic acids is 1. The lowest BCUT2D eigenvalue weighted by atomic mass is 9.76. The van der Waals surface area contributed by atoms with Crippen molar-refractivity contribution >= 4 is 11.7 Å². The van der Waals surface area contributed by atoms with E-state index in [4.69, 9.17) is 15.7 Å². The molecule has 0 aromatic carbocycles. The predicted octanol–water partition coefficient (Wildman–Crippen LogP) is 1.76. The van der Waals surface area contributed by atoms with Gasteiger partial charge >= 0.3 is 0 Å². The van der Waals surface area contributed by atoms with Crippen molar-refractivity contribution in [2.24, 2.45) is 16.8 Å². The number of amidine groups is 1. The minimum Gasteiger partial charge on any atom is -0.409 e. The number of nitrogens with two attached hydrogens (primary N) is 1. The third-order valence-corrected chi connectivity index (χ3v) is 4.79. The molecule has 2 rings (SSSR count). The van der Waals surface area contributed by atoms with Crippen molar-refractivity contribution < 1.29 is 14.7 Å². The Labute approximate surface area is 126 Å². The van der Waals surface area contributed by atoms with Gasteiger partial charge in [-0.25, -0.2) is 0 Å². The van der Waals surface area contributed by atoms with Gasteiger partial charge in [0.2, 0.25) is 5.91 Å². The van der Waals surface area contributed by atoms with E-state index < -0.39 is 5.54 Å². The van der Waals surface area contributed by atoms with Crippen LogP contribution in [0.25, 0.3) is 0 Å². The molecule has 6 nitrogen and oxygen atoms in total. The van der Waals surface area contributed by atoms with Gasteiger partial charge < -0.3 is 21.0 Å². The second-order valence-corrected chi connectivity index (χ2v) is 6.49. The molecule has 6 heteroatoms. The van der Waals surface area contributed by atoms with E-state index in [9.17, 15) is 4.79 Å². The zero-order valence-corrected chi connectivity index (χ0v) is 12.8. The normalized spacial score (nSPS) is 34.4. The Hall–Kier alpha value is -1.30. The van der Waals surface area contributed by atoms with Gasteiger partial charge in [-0.15, -0.1) is 0 Å². The largest absolute Gasteiger partial charge is 0.409 e. The van der Waals surface area contributed by atoms with Crippen molar-refractivity contribution in [3.63, 3.8) is 0 Å². The van der Waals surface area contributed by atoms with Gasteiger partial charge in [0.05, 0.1) is 12.5 Å². The molecule has 0 radical (unpaired) electrons. The number of nitrogens with zero attached hydrogens (tertiary/aromatic N) is 1. The Morgan fingerprint density at radius 3 is 2.67 bits per heavy atom. The van der Waals surface area contributed by atoms with Crippen molar-refractivity contribution in [2.45, 2.75) is 69.9 Å². The van der Waals surface area contributed by atoms with Crippen LogP contribution in [0.3, 0.4) is 0 Å². The molecule has 0 spiro atoms. The Morgan fingerprint density at radius 1 is 1.38 bits per heavy atom. The highest BCUT2D eigenvalue weighted by Crippen LogP contribution is 2.32. The van der Waals surface area contributed by atoms with Crippen LogP contribution in [0.15, 0.2) is 5.16 Å². The number of oxime groups is 1. The lowest BCUT2D eigenvalue weighted by molar-refractivity contribution is -0.126. The molecule has 1 aliphatic carbocycles. The minimum atomic E-state index is -0.687. The molecule has 0 bridgehead atoms. The quantitative estimate of drug-likeness (QED) is 0.319. The predicted molar refractivity (Wildman–Crippen MR) is 80.1 cm³/mol. The fourth-order valence-electron chi connectivity index (χ4n) is 3.29. The molecule has 1 saturated heterocycles. The molecule has 1 atom stereocenters. The summed E-state index contributed by atoms with van der Waals surface area (Å²) in [4.78, 5) is 12.3. The van der Waals surface area contributed by atoms with Crippen LogP contribution in [-0.2, 0) is 9.53 Å². The first kappa shape index (κ1) is 16.1. The molecule has 1 unspecified atom stereocenters. The number of amides is 1. The van der Waals surface area contributed by atoms with Crippen molar-refractivity contribution in [2.75, 3.05) is 6.61 Å². The first-order valence-corrected chi connectivity index (χ1v) is 7.96. The highest BCUT2D eigenvalue weighted by Gasteiger charge is 2.40. The van der Waals surface area contributed by atoms with Crippen molar-refractivity contribution in [3.05, 3.63) is 0 Å². The number of ether oxygens (including phenoxy) is 1. The van der Waals surface area contributed by atoms with Gasteiger partial charge in [-0.1, -0.05) is 12.1 Å². The summed E-state index contributed by atoms with van der Waals surface area (Å²) in [6.45, 7) is 2.93. The molecule has 120 valence electrons. The monoisotopic (exact) mass is 297 g/mol. The smallest absolute Gasteiger partial charge is 0.223 e. The van der Waals surface area contributed by atoms with Crippen LogP contribution in [0.2, 0.25) is 0 Å². The lowest BCUT2D eigenvalue weighted by Crippen LogP contribution is -2.59. The van der Waals surface area contributed by atoms with E-state index in [-0.39, 0.29) is 17.8 Å². The molecule has 21 heavy (non-hydrogen) atoms. The van der Waals surface area contributed by atoms with Gasteiger partial charge in [0, 0.05) is 6.61 Å². The highest BCUT2D eigenvalue weighted by atomic mass is 16.5. The molecule has 1 amide bonds. The fraction of sp³-hybridized carbons (Fsp3) is 0.867. The van der Waals surface area contributed by atoms with E-state index in [2.05, 4.69) is 17.4 Å². The SMILES string of the molecule is CC1CCC(NC(=O)CC2CCCCO2)(C(N)=NO)CC1. The second-order valence-electron chi connectivity index (χ2n) is 6.49. The summed E-state index contributed by atoms with van der Waals surface area (Å²) in [6, 6.07) is 0. The topological polar surface area (TPSA) is 96.9 Å². The van der Waals surface area contributed by atoms with E-state index in [0.29, 0.717) is 12.3 Å². The first-order valence-electron chi connectivity index (χ1n) is 7.96. The number of hydrogen-bond donors (Lipinski definition) is 3. The summed E-state index contributed by atoms with van der Waals surface area (Å²) in [7, 11) is 0. The summed E-state index contributed by atoms with van der Waals surface area (Å²) < 4.78 is 5.60. The van der Waals surface area contributed by atoms with Gasteiger partial charge in [-0.2, -0.15) is 0 Å². The van der Waals surface area contributed by atoms with E-state index in [1.165, 1.54) is 0 Å². The van der Waals surface area contributed by atoms with Crippen molar-refractivity contribution in [3.8, 4) is 0 Å². The summed E-state index contributed by atoms with van der Waals surface area (Å²) in [5, 5.41) is 15.2. The van der Waals surface area contributed by atoms with Crippen LogP contribution in [0, 0.1) is 5.92 Å². The van der Waals surface area contributed by atoms with Gasteiger partial charge in [0.15, 0.2) is 5.84 Å². The third-order valence-electron chi connectivity index (χ3n) is 4.79. The standard InChI is InChI=1S/C15H27N3O3/c1-11-5-7-15(8-6-11,14(16)18-20)17-13(19)10-12-4-2-3-9-21-12/h11-12,20H,2-10H2,1H3,(H2,16,18)(H,17,19). The number of hydrogen-bond acceptors (Lipinski definition) is 4. The van der Waals surface area contributed by atoms with E-state index >= 15 is 0 Å². The first-order chi connectivity index (χ1) is 10.1. The summed E-state index contributed by atoms with van der Waals surface area (Å²) in [6.07, 6.45) is 6.86. The second kappa shape index (κ2) is 7.11. The maximum Gasteiger partial charge on any atom is 0.223 e. The zero-order valence-electron chi connectivity index (χ0n) is 12.8. The summed E-state index contributed by atoms with van der Waals surface area (Å²) in [5.74, 6) is 0.665. The highest BCUT2D eigenvalue weighted by molar-refractivity contribution is 5.94. The van der Waals surface area contributed by atoms with Gasteiger partial charge in [0.1, 0.15) is 5.54 Å². The summed E-state index contributed by atoms with van der Waals surface area (Å²) in [5.41, 5.74) is 5.18. The molecule has 0 aromatic heterocycles. The van der Waals surface area contributed by atoms with E-state index in [1.54, 1.807) is 0 Å². The average Bonchev–Trinajstić information content (AvgIpc) is 2.50. The number of rotatable bonds is 4. The van der Waals surface area contributed by atoms with Gasteiger partial charge in [-0.3, -0.25) is 4.79 Å². The lowest BCUT2D eigenvalue weighted by Gasteiger charge is -2.39. The van der Waals surface area contributed by atoms with Crippen LogP contribution in [-0.4, -0.2) is 35.2 Å². The van der Waals surface area contributed by atoms with E-state index in [0.717, 1.165) is 51.6 Å². The van der Waals surface area contributed by atoms with Crippen LogP contribution >= 0.6 is 0 Å².